The number of rotatable bonds is 6. The van der Waals surface area contributed by atoms with Gasteiger partial charge in [-0.05, 0) is 13.3 Å². The monoisotopic (exact) mass is 212 g/mol. The minimum Gasteiger partial charge on any atom is -0.394 e. The standard InChI is InChI=1S/C9H16N4O2/c1-8(7-14)11-9(15)3-2-5-13-6-4-10-12-13/h4,6,8,14H,2-3,5,7H2,1H3,(H,11,15). The molecular formula is C9H16N4O2. The van der Waals surface area contributed by atoms with Crippen molar-refractivity contribution in [3.8, 4) is 0 Å². The number of hydrogen-bond acceptors (Lipinski definition) is 4. The van der Waals surface area contributed by atoms with Gasteiger partial charge in [-0.1, -0.05) is 5.21 Å². The average Bonchev–Trinajstić information content (AvgIpc) is 2.70. The number of aliphatic hydroxyl groups is 1. The van der Waals surface area contributed by atoms with Crippen molar-refractivity contribution in [3.05, 3.63) is 12.4 Å². The van der Waals surface area contributed by atoms with E-state index in [4.69, 9.17) is 5.11 Å². The third kappa shape index (κ3) is 4.55. The summed E-state index contributed by atoms with van der Waals surface area (Å²) in [5.74, 6) is -0.0448. The Morgan fingerprint density at radius 1 is 1.67 bits per heavy atom. The average molecular weight is 212 g/mol. The van der Waals surface area contributed by atoms with E-state index < -0.39 is 0 Å². The van der Waals surface area contributed by atoms with Gasteiger partial charge in [-0.15, -0.1) is 5.10 Å². The number of amides is 1. The first-order valence-corrected chi connectivity index (χ1v) is 4.96. The van der Waals surface area contributed by atoms with Crippen molar-refractivity contribution in [2.45, 2.75) is 32.4 Å². The van der Waals surface area contributed by atoms with Gasteiger partial charge in [-0.3, -0.25) is 9.48 Å². The molecule has 6 heteroatoms. The van der Waals surface area contributed by atoms with Crippen molar-refractivity contribution in [1.82, 2.24) is 20.3 Å². The number of nitrogens with one attached hydrogen (secondary N) is 1. The number of aryl methyl sites for hydroxylation is 1. The van der Waals surface area contributed by atoms with Crippen LogP contribution < -0.4 is 5.32 Å². The summed E-state index contributed by atoms with van der Waals surface area (Å²) in [4.78, 5) is 11.3. The van der Waals surface area contributed by atoms with Crippen molar-refractivity contribution in [3.63, 3.8) is 0 Å². The van der Waals surface area contributed by atoms with Gasteiger partial charge in [0.1, 0.15) is 0 Å². The van der Waals surface area contributed by atoms with Gasteiger partial charge in [0.15, 0.2) is 0 Å². The van der Waals surface area contributed by atoms with Crippen molar-refractivity contribution in [1.29, 1.82) is 0 Å². The van der Waals surface area contributed by atoms with E-state index in [1.807, 2.05) is 0 Å². The number of nitrogens with zero attached hydrogens (tertiary/aromatic N) is 3. The van der Waals surface area contributed by atoms with E-state index in [0.717, 1.165) is 0 Å². The van der Waals surface area contributed by atoms with Crippen LogP contribution >= 0.6 is 0 Å². The highest BCUT2D eigenvalue weighted by atomic mass is 16.3. The maximum atomic E-state index is 11.3. The largest absolute Gasteiger partial charge is 0.394 e. The van der Waals surface area contributed by atoms with E-state index in [1.54, 1.807) is 24.0 Å². The molecule has 0 aliphatic carbocycles. The molecule has 0 aliphatic heterocycles. The van der Waals surface area contributed by atoms with E-state index >= 15 is 0 Å². The number of carbonyl (C=O) groups excluding carboxylic acids is 1. The molecular weight excluding hydrogens is 196 g/mol. The highest BCUT2D eigenvalue weighted by molar-refractivity contribution is 5.76. The number of aromatic nitrogens is 3. The molecule has 1 atom stereocenters. The zero-order valence-electron chi connectivity index (χ0n) is 8.76. The van der Waals surface area contributed by atoms with E-state index in [2.05, 4.69) is 15.6 Å². The molecule has 84 valence electrons. The summed E-state index contributed by atoms with van der Waals surface area (Å²) in [6.45, 7) is 2.41. The molecule has 0 aromatic carbocycles. The molecule has 1 aromatic heterocycles. The maximum Gasteiger partial charge on any atom is 0.220 e. The topological polar surface area (TPSA) is 80.0 Å². The highest BCUT2D eigenvalue weighted by Crippen LogP contribution is 1.94. The van der Waals surface area contributed by atoms with Crippen molar-refractivity contribution in [2.24, 2.45) is 0 Å². The van der Waals surface area contributed by atoms with Gasteiger partial charge in [-0.2, -0.15) is 0 Å². The first-order valence-electron chi connectivity index (χ1n) is 4.96. The molecule has 0 saturated heterocycles. The third-order valence-corrected chi connectivity index (χ3v) is 1.94. The fraction of sp³-hybridized carbons (Fsp3) is 0.667. The Kier molecular flexibility index (Phi) is 4.76. The molecule has 15 heavy (non-hydrogen) atoms. The minimum atomic E-state index is -0.177. The van der Waals surface area contributed by atoms with Gasteiger partial charge in [0.2, 0.25) is 5.91 Å². The Balaban J connectivity index is 2.12. The Morgan fingerprint density at radius 3 is 3.07 bits per heavy atom. The Bertz CT molecular complexity index is 286. The Labute approximate surface area is 88.3 Å². The number of aliphatic hydroxyl groups excluding tert-OH is 1. The maximum absolute atomic E-state index is 11.3. The van der Waals surface area contributed by atoms with Gasteiger partial charge in [0.05, 0.1) is 12.8 Å². The summed E-state index contributed by atoms with van der Waals surface area (Å²) in [5, 5.41) is 18.8. The first kappa shape index (κ1) is 11.6. The van der Waals surface area contributed by atoms with Crippen LogP contribution in [0.2, 0.25) is 0 Å². The number of hydrogen-bond donors (Lipinski definition) is 2. The molecule has 0 bridgehead atoms. The molecule has 1 aromatic rings. The minimum absolute atomic E-state index is 0.0329. The molecule has 0 aliphatic rings. The molecule has 6 nitrogen and oxygen atoms in total. The van der Waals surface area contributed by atoms with Gasteiger partial charge in [-0.25, -0.2) is 0 Å². The summed E-state index contributed by atoms with van der Waals surface area (Å²) in [6, 6.07) is -0.177. The summed E-state index contributed by atoms with van der Waals surface area (Å²) >= 11 is 0. The summed E-state index contributed by atoms with van der Waals surface area (Å²) < 4.78 is 1.68. The molecule has 0 radical (unpaired) electrons. The van der Waals surface area contributed by atoms with Crippen LogP contribution in [0.15, 0.2) is 12.4 Å². The summed E-state index contributed by atoms with van der Waals surface area (Å²) in [6.07, 6.45) is 4.51. The van der Waals surface area contributed by atoms with E-state index in [9.17, 15) is 4.79 Å². The lowest BCUT2D eigenvalue weighted by Crippen LogP contribution is -2.34. The van der Waals surface area contributed by atoms with Crippen LogP contribution in [0.3, 0.4) is 0 Å². The van der Waals surface area contributed by atoms with Crippen LogP contribution in [0.1, 0.15) is 19.8 Å². The van der Waals surface area contributed by atoms with Gasteiger partial charge >= 0.3 is 0 Å². The van der Waals surface area contributed by atoms with Crippen LogP contribution in [0, 0.1) is 0 Å². The summed E-state index contributed by atoms with van der Waals surface area (Å²) in [7, 11) is 0. The Morgan fingerprint density at radius 2 is 2.47 bits per heavy atom. The molecule has 0 saturated carbocycles. The fourth-order valence-electron chi connectivity index (χ4n) is 1.15. The van der Waals surface area contributed by atoms with Crippen LogP contribution in [-0.2, 0) is 11.3 Å². The zero-order chi connectivity index (χ0) is 11.1. The van der Waals surface area contributed by atoms with Gasteiger partial charge < -0.3 is 10.4 Å². The van der Waals surface area contributed by atoms with Crippen LogP contribution in [0.25, 0.3) is 0 Å². The normalized spacial score (nSPS) is 12.4. The molecule has 0 spiro atoms. The predicted molar refractivity (Wildman–Crippen MR) is 53.9 cm³/mol. The lowest BCUT2D eigenvalue weighted by atomic mass is 10.2. The van der Waals surface area contributed by atoms with Crippen molar-refractivity contribution in [2.75, 3.05) is 6.61 Å². The van der Waals surface area contributed by atoms with Crippen molar-refractivity contribution >= 4 is 5.91 Å². The molecule has 1 rings (SSSR count). The van der Waals surface area contributed by atoms with E-state index in [1.165, 1.54) is 0 Å². The quantitative estimate of drug-likeness (QED) is 0.669. The molecule has 1 unspecified atom stereocenters. The van der Waals surface area contributed by atoms with Crippen LogP contribution in [0.5, 0.6) is 0 Å². The SMILES string of the molecule is CC(CO)NC(=O)CCCn1ccnn1. The van der Waals surface area contributed by atoms with Crippen molar-refractivity contribution < 1.29 is 9.90 Å². The second-order valence-electron chi connectivity index (χ2n) is 3.42. The third-order valence-electron chi connectivity index (χ3n) is 1.94. The van der Waals surface area contributed by atoms with Crippen LogP contribution in [-0.4, -0.2) is 38.7 Å². The van der Waals surface area contributed by atoms with Gasteiger partial charge in [0.25, 0.3) is 0 Å². The van der Waals surface area contributed by atoms with Crippen LogP contribution in [0.4, 0.5) is 0 Å². The fourth-order valence-corrected chi connectivity index (χ4v) is 1.15. The van der Waals surface area contributed by atoms with E-state index in [-0.39, 0.29) is 18.6 Å². The lowest BCUT2D eigenvalue weighted by Gasteiger charge is -2.10. The Hall–Kier alpha value is -1.43. The summed E-state index contributed by atoms with van der Waals surface area (Å²) in [5.41, 5.74) is 0. The highest BCUT2D eigenvalue weighted by Gasteiger charge is 2.05. The molecule has 0 fully saturated rings. The predicted octanol–water partition coefficient (Wildman–Crippen LogP) is -0.445. The lowest BCUT2D eigenvalue weighted by molar-refractivity contribution is -0.122. The number of carbonyl (C=O) groups is 1. The molecule has 1 amide bonds. The smallest absolute Gasteiger partial charge is 0.220 e. The second kappa shape index (κ2) is 6.13. The second-order valence-corrected chi connectivity index (χ2v) is 3.42. The van der Waals surface area contributed by atoms with Gasteiger partial charge in [0, 0.05) is 25.2 Å². The molecule has 2 N–H and O–H groups in total. The molecule has 1 heterocycles. The first-order chi connectivity index (χ1) is 7.22. The zero-order valence-corrected chi connectivity index (χ0v) is 8.76. The van der Waals surface area contributed by atoms with E-state index in [0.29, 0.717) is 19.4 Å².